The lowest BCUT2D eigenvalue weighted by molar-refractivity contribution is -0.116. The molecule has 8 nitrogen and oxygen atoms in total. The maximum absolute atomic E-state index is 13.4. The van der Waals surface area contributed by atoms with E-state index < -0.39 is 10.0 Å². The summed E-state index contributed by atoms with van der Waals surface area (Å²) in [6.45, 7) is 6.99. The van der Waals surface area contributed by atoms with Crippen molar-refractivity contribution in [2.24, 2.45) is 0 Å². The molecule has 0 radical (unpaired) electrons. The molecular weight excluding hydrogens is 542 g/mol. The van der Waals surface area contributed by atoms with Gasteiger partial charge in [-0.3, -0.25) is 9.36 Å². The quantitative estimate of drug-likeness (QED) is 0.245. The average molecular weight is 576 g/mol. The first-order chi connectivity index (χ1) is 19.3. The summed E-state index contributed by atoms with van der Waals surface area (Å²) in [6.07, 6.45) is 0.841. The number of carbonyl (C=O) groups excluding carboxylic acids is 1. The molecule has 208 valence electrons. The molecule has 1 aliphatic rings. The van der Waals surface area contributed by atoms with E-state index in [4.69, 9.17) is 0 Å². The largest absolute Gasteiger partial charge is 0.308 e. The Bertz CT molecular complexity index is 1600. The molecule has 40 heavy (non-hydrogen) atoms. The molecule has 1 amide bonds. The van der Waals surface area contributed by atoms with Crippen molar-refractivity contribution in [1.82, 2.24) is 19.1 Å². The van der Waals surface area contributed by atoms with E-state index in [2.05, 4.69) is 23.2 Å². The third kappa shape index (κ3) is 5.56. The second kappa shape index (κ2) is 12.0. The molecule has 3 aromatic carbocycles. The molecule has 0 spiro atoms. The highest BCUT2D eigenvalue weighted by atomic mass is 32.2. The Morgan fingerprint density at radius 2 is 1.70 bits per heavy atom. The molecule has 1 atom stereocenters. The number of thioether (sulfide) groups is 1. The maximum atomic E-state index is 13.4. The van der Waals surface area contributed by atoms with Crippen molar-refractivity contribution in [3.63, 3.8) is 0 Å². The second-order valence-corrected chi connectivity index (χ2v) is 12.6. The summed E-state index contributed by atoms with van der Waals surface area (Å²) >= 11 is 1.35. The number of nitrogens with zero attached hydrogens (tertiary/aromatic N) is 5. The molecule has 0 N–H and O–H groups in total. The second-order valence-electron chi connectivity index (χ2n) is 9.73. The van der Waals surface area contributed by atoms with E-state index in [0.717, 1.165) is 17.7 Å². The normalized spacial score (nSPS) is 15.0. The van der Waals surface area contributed by atoms with E-state index in [1.54, 1.807) is 18.2 Å². The Morgan fingerprint density at radius 3 is 2.45 bits per heavy atom. The van der Waals surface area contributed by atoms with Crippen LogP contribution >= 0.6 is 11.8 Å². The number of anilines is 1. The van der Waals surface area contributed by atoms with E-state index in [1.165, 1.54) is 21.6 Å². The Hall–Kier alpha value is -3.47. The van der Waals surface area contributed by atoms with Crippen LogP contribution in [0.1, 0.15) is 31.9 Å². The van der Waals surface area contributed by atoms with Crippen LogP contribution in [0.4, 0.5) is 5.69 Å². The smallest absolute Gasteiger partial charge is 0.243 e. The van der Waals surface area contributed by atoms with Crippen molar-refractivity contribution in [2.45, 2.75) is 49.8 Å². The van der Waals surface area contributed by atoms with Gasteiger partial charge in [-0.1, -0.05) is 86.3 Å². The number of carbonyl (C=O) groups is 1. The number of para-hydroxylation sites is 1. The van der Waals surface area contributed by atoms with Crippen LogP contribution in [0.25, 0.3) is 11.4 Å². The number of aromatic nitrogens is 3. The summed E-state index contributed by atoms with van der Waals surface area (Å²) in [6, 6.07) is 24.9. The van der Waals surface area contributed by atoms with E-state index in [9.17, 15) is 13.2 Å². The van der Waals surface area contributed by atoms with Gasteiger partial charge in [-0.15, -0.1) is 10.2 Å². The van der Waals surface area contributed by atoms with Crippen molar-refractivity contribution < 1.29 is 13.2 Å². The van der Waals surface area contributed by atoms with Crippen LogP contribution in [0.5, 0.6) is 0 Å². The zero-order valence-corrected chi connectivity index (χ0v) is 24.5. The van der Waals surface area contributed by atoms with Gasteiger partial charge in [0.05, 0.1) is 17.2 Å². The van der Waals surface area contributed by atoms with E-state index >= 15 is 0 Å². The van der Waals surface area contributed by atoms with Gasteiger partial charge in [0.15, 0.2) is 11.0 Å². The SMILES string of the molecule is CCN(CC)S(=O)(=O)c1cccc(-c2nnc(SCC(=O)N3c4ccccc4C[C@H]3C)n2Cc2ccccc2)c1. The van der Waals surface area contributed by atoms with Crippen molar-refractivity contribution in [1.29, 1.82) is 0 Å². The lowest BCUT2D eigenvalue weighted by Crippen LogP contribution is -2.37. The average Bonchev–Trinajstić information content (AvgIpc) is 3.52. The van der Waals surface area contributed by atoms with Gasteiger partial charge in [-0.25, -0.2) is 8.42 Å². The van der Waals surface area contributed by atoms with Gasteiger partial charge in [-0.05, 0) is 42.7 Å². The minimum atomic E-state index is -3.64. The number of benzene rings is 3. The molecule has 10 heteroatoms. The van der Waals surface area contributed by atoms with E-state index in [0.29, 0.717) is 36.2 Å². The Balaban J connectivity index is 1.46. The fraction of sp³-hybridized carbons (Fsp3) is 0.300. The summed E-state index contributed by atoms with van der Waals surface area (Å²) in [4.78, 5) is 15.5. The minimum absolute atomic E-state index is 0.0191. The van der Waals surface area contributed by atoms with E-state index in [1.807, 2.05) is 77.9 Å². The molecule has 0 aliphatic carbocycles. The predicted octanol–water partition coefficient (Wildman–Crippen LogP) is 5.09. The lowest BCUT2D eigenvalue weighted by Gasteiger charge is -2.22. The summed E-state index contributed by atoms with van der Waals surface area (Å²) in [5, 5.41) is 9.53. The van der Waals surface area contributed by atoms with Crippen LogP contribution in [0.2, 0.25) is 0 Å². The van der Waals surface area contributed by atoms with Crippen LogP contribution in [-0.2, 0) is 27.8 Å². The topological polar surface area (TPSA) is 88.4 Å². The van der Waals surface area contributed by atoms with Crippen LogP contribution < -0.4 is 4.90 Å². The zero-order chi connectivity index (χ0) is 28.3. The zero-order valence-electron chi connectivity index (χ0n) is 22.9. The lowest BCUT2D eigenvalue weighted by atomic mass is 10.1. The Labute approximate surface area is 240 Å². The minimum Gasteiger partial charge on any atom is -0.308 e. The van der Waals surface area contributed by atoms with Crippen molar-refractivity contribution in [2.75, 3.05) is 23.7 Å². The van der Waals surface area contributed by atoms with Gasteiger partial charge in [0.25, 0.3) is 0 Å². The van der Waals surface area contributed by atoms with E-state index in [-0.39, 0.29) is 22.6 Å². The molecule has 0 fully saturated rings. The number of hydrogen-bond acceptors (Lipinski definition) is 6. The third-order valence-corrected chi connectivity index (χ3v) is 10.1. The van der Waals surface area contributed by atoms with Gasteiger partial charge >= 0.3 is 0 Å². The van der Waals surface area contributed by atoms with Crippen LogP contribution in [-0.4, -0.2) is 58.3 Å². The standard InChI is InChI=1S/C30H33N5O3S2/c1-4-33(5-2)40(37,38)26-16-11-15-25(19-26)29-31-32-30(34(29)20-23-12-7-6-8-13-23)39-21-28(36)35-22(3)18-24-14-9-10-17-27(24)35/h6-17,19,22H,4-5,18,20-21H2,1-3H3/t22-/m1/s1. The Kier molecular flexibility index (Phi) is 8.39. The van der Waals surface area contributed by atoms with Crippen molar-refractivity contribution in [3.05, 3.63) is 90.0 Å². The van der Waals surface area contributed by atoms with Crippen LogP contribution in [0, 0.1) is 0 Å². The van der Waals surface area contributed by atoms with Gasteiger partial charge < -0.3 is 4.90 Å². The first-order valence-electron chi connectivity index (χ1n) is 13.4. The number of sulfonamides is 1. The maximum Gasteiger partial charge on any atom is 0.243 e. The highest BCUT2D eigenvalue weighted by Gasteiger charge is 2.31. The number of amides is 1. The Morgan fingerprint density at radius 1 is 0.975 bits per heavy atom. The fourth-order valence-corrected chi connectivity index (χ4v) is 7.47. The molecule has 0 saturated heterocycles. The van der Waals surface area contributed by atoms with Crippen molar-refractivity contribution >= 4 is 33.4 Å². The van der Waals surface area contributed by atoms with Crippen LogP contribution in [0.3, 0.4) is 0 Å². The molecule has 5 rings (SSSR count). The number of hydrogen-bond donors (Lipinski definition) is 0. The van der Waals surface area contributed by atoms with Crippen molar-refractivity contribution in [3.8, 4) is 11.4 Å². The molecule has 4 aromatic rings. The molecule has 0 bridgehead atoms. The van der Waals surface area contributed by atoms with Gasteiger partial charge in [-0.2, -0.15) is 4.31 Å². The van der Waals surface area contributed by atoms with Gasteiger partial charge in [0, 0.05) is 30.4 Å². The monoisotopic (exact) mass is 575 g/mol. The fourth-order valence-electron chi connectivity index (χ4n) is 5.17. The third-order valence-electron chi connectivity index (χ3n) is 7.14. The molecular formula is C30H33N5O3S2. The molecule has 0 saturated carbocycles. The van der Waals surface area contributed by atoms with Gasteiger partial charge in [0.1, 0.15) is 0 Å². The summed E-state index contributed by atoms with van der Waals surface area (Å²) in [7, 11) is -3.64. The summed E-state index contributed by atoms with van der Waals surface area (Å²) in [5.74, 6) is 0.781. The summed E-state index contributed by atoms with van der Waals surface area (Å²) < 4.78 is 29.8. The first kappa shape index (κ1) is 28.1. The number of rotatable bonds is 10. The highest BCUT2D eigenvalue weighted by molar-refractivity contribution is 7.99. The predicted molar refractivity (Wildman–Crippen MR) is 159 cm³/mol. The first-order valence-corrected chi connectivity index (χ1v) is 15.9. The molecule has 0 unspecified atom stereocenters. The number of fused-ring (bicyclic) bond motifs is 1. The van der Waals surface area contributed by atoms with Gasteiger partial charge in [0.2, 0.25) is 15.9 Å². The highest BCUT2D eigenvalue weighted by Crippen LogP contribution is 2.33. The molecule has 1 aliphatic heterocycles. The molecule has 1 aromatic heterocycles. The molecule has 2 heterocycles. The van der Waals surface area contributed by atoms with Crippen LogP contribution in [0.15, 0.2) is 88.9 Å². The summed E-state index contributed by atoms with van der Waals surface area (Å²) in [5.41, 5.74) is 3.85.